The van der Waals surface area contributed by atoms with E-state index in [0.29, 0.717) is 37.6 Å². The van der Waals surface area contributed by atoms with Gasteiger partial charge in [-0.2, -0.15) is 4.68 Å². The number of carboxylic acids is 1. The lowest BCUT2D eigenvalue weighted by Gasteiger charge is -2.28. The summed E-state index contributed by atoms with van der Waals surface area (Å²) in [4.78, 5) is 32.1. The Morgan fingerprint density at radius 3 is 2.39 bits per heavy atom. The third kappa shape index (κ3) is 5.20. The highest BCUT2D eigenvalue weighted by Gasteiger charge is 2.24. The minimum Gasteiger partial charge on any atom is -0.478 e. The highest BCUT2D eigenvalue weighted by Crippen LogP contribution is 2.33. The molecular weight excluding hydrogens is 632 g/mol. The van der Waals surface area contributed by atoms with Crippen molar-refractivity contribution < 1.29 is 9.90 Å². The third-order valence-electron chi connectivity index (χ3n) is 5.77. The molecule has 1 heterocycles. The van der Waals surface area contributed by atoms with Crippen LogP contribution in [0.5, 0.6) is 0 Å². The molecule has 0 atom stereocenters. The van der Waals surface area contributed by atoms with Crippen LogP contribution in [0, 0.1) is 0 Å². The van der Waals surface area contributed by atoms with Gasteiger partial charge in [-0.3, -0.25) is 4.79 Å². The van der Waals surface area contributed by atoms with E-state index < -0.39 is 5.97 Å². The number of aromatic carboxylic acids is 1. The van der Waals surface area contributed by atoms with Gasteiger partial charge in [-0.25, -0.2) is 14.2 Å². The second-order valence-corrected chi connectivity index (χ2v) is 11.1. The minimum atomic E-state index is -1.12. The number of fused-ring (bicyclic) bond motifs is 1. The number of nitrogens with zero attached hydrogens (tertiary/aromatic N) is 3. The molecule has 0 unspecified atom stereocenters. The lowest BCUT2D eigenvalue weighted by molar-refractivity contribution is 0.0697. The summed E-state index contributed by atoms with van der Waals surface area (Å²) in [5.41, 5.74) is 8.19. The van der Waals surface area contributed by atoms with E-state index in [1.54, 1.807) is 40.8 Å². The van der Waals surface area contributed by atoms with Crippen LogP contribution in [-0.2, 0) is 6.54 Å². The van der Waals surface area contributed by atoms with E-state index in [9.17, 15) is 14.7 Å². The van der Waals surface area contributed by atoms with Crippen molar-refractivity contribution in [3.05, 3.63) is 121 Å². The van der Waals surface area contributed by atoms with Crippen molar-refractivity contribution in [2.24, 2.45) is 0 Å². The standard InChI is InChI=1S/C28H20Br2N4O3S/c29-18-14-21-25(22(30)15-18)32-26(19-10-4-5-11-20(19)28(36)37)34(27(21)35)33(16-17-8-2-1-3-9-17)38-24-13-7-6-12-23(24)31/h1-15H,16,31H2,(H,36,37). The SMILES string of the molecule is Nc1ccccc1SN(Cc1ccccc1)n1c(-c2ccccc2C(=O)O)nc2c(Br)cc(Br)cc2c1=O. The van der Waals surface area contributed by atoms with Gasteiger partial charge < -0.3 is 10.8 Å². The maximum atomic E-state index is 14.3. The average Bonchev–Trinajstić information content (AvgIpc) is 2.90. The van der Waals surface area contributed by atoms with Crippen molar-refractivity contribution in [1.29, 1.82) is 0 Å². The number of para-hydroxylation sites is 1. The first-order valence-corrected chi connectivity index (χ1v) is 13.8. The van der Waals surface area contributed by atoms with Crippen LogP contribution in [0.3, 0.4) is 0 Å². The van der Waals surface area contributed by atoms with Gasteiger partial charge in [-0.05, 0) is 51.8 Å². The van der Waals surface area contributed by atoms with E-state index in [-0.39, 0.29) is 16.9 Å². The molecule has 3 N–H and O–H groups in total. The van der Waals surface area contributed by atoms with E-state index in [2.05, 4.69) is 31.9 Å². The summed E-state index contributed by atoms with van der Waals surface area (Å²) >= 11 is 8.27. The van der Waals surface area contributed by atoms with Crippen LogP contribution in [0.1, 0.15) is 15.9 Å². The predicted octanol–water partition coefficient (Wildman–Crippen LogP) is 6.71. The summed E-state index contributed by atoms with van der Waals surface area (Å²) in [7, 11) is 0. The zero-order valence-corrected chi connectivity index (χ0v) is 23.7. The zero-order valence-electron chi connectivity index (χ0n) is 19.7. The Bertz CT molecular complexity index is 1730. The van der Waals surface area contributed by atoms with Gasteiger partial charge in [0.05, 0.1) is 27.9 Å². The van der Waals surface area contributed by atoms with Gasteiger partial charge in [-0.1, -0.05) is 76.6 Å². The number of rotatable bonds is 7. The van der Waals surface area contributed by atoms with E-state index in [0.717, 1.165) is 10.5 Å². The molecule has 38 heavy (non-hydrogen) atoms. The Morgan fingerprint density at radius 2 is 1.66 bits per heavy atom. The van der Waals surface area contributed by atoms with Gasteiger partial charge in [0.25, 0.3) is 5.56 Å². The predicted molar refractivity (Wildman–Crippen MR) is 159 cm³/mol. The van der Waals surface area contributed by atoms with Gasteiger partial charge in [-0.15, -0.1) is 0 Å². The highest BCUT2D eigenvalue weighted by atomic mass is 79.9. The summed E-state index contributed by atoms with van der Waals surface area (Å²) in [6.45, 7) is 0.310. The lowest BCUT2D eigenvalue weighted by atomic mass is 10.1. The molecule has 0 aliphatic rings. The van der Waals surface area contributed by atoms with Crippen molar-refractivity contribution in [3.63, 3.8) is 0 Å². The number of hydrogen-bond donors (Lipinski definition) is 2. The molecule has 5 aromatic rings. The molecule has 5 rings (SSSR count). The van der Waals surface area contributed by atoms with Gasteiger partial charge >= 0.3 is 5.97 Å². The van der Waals surface area contributed by atoms with Crippen LogP contribution in [0.25, 0.3) is 22.3 Å². The number of carboxylic acid groups (broad SMARTS) is 1. The number of carbonyl (C=O) groups is 1. The third-order valence-corrected chi connectivity index (χ3v) is 7.91. The maximum absolute atomic E-state index is 14.3. The summed E-state index contributed by atoms with van der Waals surface area (Å²) in [5, 5.41) is 10.3. The van der Waals surface area contributed by atoms with Crippen molar-refractivity contribution >= 4 is 66.4 Å². The van der Waals surface area contributed by atoms with Gasteiger partial charge in [0.2, 0.25) is 0 Å². The smallest absolute Gasteiger partial charge is 0.336 e. The van der Waals surface area contributed by atoms with Gasteiger partial charge in [0.15, 0.2) is 5.82 Å². The quantitative estimate of drug-likeness (QED) is 0.149. The summed E-state index contributed by atoms with van der Waals surface area (Å²) in [6, 6.07) is 27.1. The molecular formula is C28H20Br2N4O3S. The lowest BCUT2D eigenvalue weighted by Crippen LogP contribution is -2.39. The fourth-order valence-corrected chi connectivity index (χ4v) is 6.31. The first-order valence-electron chi connectivity index (χ1n) is 11.4. The van der Waals surface area contributed by atoms with E-state index in [4.69, 9.17) is 10.7 Å². The molecule has 0 spiro atoms. The summed E-state index contributed by atoms with van der Waals surface area (Å²) < 4.78 is 4.51. The monoisotopic (exact) mass is 650 g/mol. The zero-order chi connectivity index (χ0) is 26.8. The molecule has 10 heteroatoms. The number of nitrogen functional groups attached to an aromatic ring is 1. The first kappa shape index (κ1) is 26.0. The molecule has 4 aromatic carbocycles. The van der Waals surface area contributed by atoms with Crippen LogP contribution < -0.4 is 15.7 Å². The largest absolute Gasteiger partial charge is 0.478 e. The second kappa shape index (κ2) is 11.0. The van der Waals surface area contributed by atoms with Crippen molar-refractivity contribution in [2.75, 3.05) is 10.1 Å². The van der Waals surface area contributed by atoms with Gasteiger partial charge in [0.1, 0.15) is 0 Å². The molecule has 0 amide bonds. The topological polar surface area (TPSA) is 101 Å². The number of aromatic nitrogens is 2. The highest BCUT2D eigenvalue weighted by molar-refractivity contribution is 9.11. The van der Waals surface area contributed by atoms with E-state index >= 15 is 0 Å². The number of hydrogen-bond acceptors (Lipinski definition) is 6. The summed E-state index contributed by atoms with van der Waals surface area (Å²) in [6.07, 6.45) is 0. The molecule has 0 aliphatic carbocycles. The Hall–Kier alpha value is -3.60. The number of benzene rings is 4. The summed E-state index contributed by atoms with van der Waals surface area (Å²) in [5.74, 6) is -0.924. The average molecular weight is 652 g/mol. The van der Waals surface area contributed by atoms with Crippen LogP contribution in [-0.4, -0.2) is 20.7 Å². The van der Waals surface area contributed by atoms with Crippen LogP contribution in [0.4, 0.5) is 5.69 Å². The van der Waals surface area contributed by atoms with Crippen LogP contribution in [0.2, 0.25) is 0 Å². The molecule has 0 saturated heterocycles. The Balaban J connectivity index is 1.84. The first-order chi connectivity index (χ1) is 18.3. The Kier molecular flexibility index (Phi) is 7.55. The van der Waals surface area contributed by atoms with Crippen molar-refractivity contribution in [2.45, 2.75) is 11.4 Å². The molecule has 7 nitrogen and oxygen atoms in total. The van der Waals surface area contributed by atoms with E-state index in [1.165, 1.54) is 22.7 Å². The van der Waals surface area contributed by atoms with E-state index in [1.807, 2.05) is 48.5 Å². The molecule has 1 aromatic heterocycles. The maximum Gasteiger partial charge on any atom is 0.336 e. The number of halogens is 2. The second-order valence-electron chi connectivity index (χ2n) is 8.31. The van der Waals surface area contributed by atoms with Crippen LogP contribution >= 0.6 is 43.8 Å². The fourth-order valence-electron chi connectivity index (χ4n) is 4.01. The Labute approximate surface area is 239 Å². The molecule has 0 aliphatic heterocycles. The molecule has 0 bridgehead atoms. The molecule has 0 fully saturated rings. The normalized spacial score (nSPS) is 11.0. The van der Waals surface area contributed by atoms with Gasteiger partial charge in [0, 0.05) is 32.1 Å². The molecule has 0 radical (unpaired) electrons. The van der Waals surface area contributed by atoms with Crippen molar-refractivity contribution in [3.8, 4) is 11.4 Å². The molecule has 190 valence electrons. The van der Waals surface area contributed by atoms with Crippen molar-refractivity contribution in [1.82, 2.24) is 9.66 Å². The van der Waals surface area contributed by atoms with Crippen LogP contribution in [0.15, 0.2) is 110 Å². The Morgan fingerprint density at radius 1 is 0.974 bits per heavy atom. The fraction of sp³-hybridized carbons (Fsp3) is 0.0357. The molecule has 0 saturated carbocycles. The number of nitrogens with two attached hydrogens (primary N) is 1. The minimum absolute atomic E-state index is 0.0321. The number of anilines is 1.